The highest BCUT2D eigenvalue weighted by Crippen LogP contribution is 2.40. The Morgan fingerprint density at radius 2 is 1.65 bits per heavy atom. The Kier molecular flexibility index (Phi) is 3.27. The predicted octanol–water partition coefficient (Wildman–Crippen LogP) is 4.14. The van der Waals surface area contributed by atoms with Gasteiger partial charge in [-0.1, -0.05) is 41.5 Å². The van der Waals surface area contributed by atoms with Crippen molar-refractivity contribution in [2.45, 2.75) is 39.3 Å². The molecule has 2 aromatic rings. The second-order valence-corrected chi connectivity index (χ2v) is 5.85. The highest BCUT2D eigenvalue weighted by molar-refractivity contribution is 5.42. The first-order chi connectivity index (χ1) is 9.54. The van der Waals surface area contributed by atoms with Crippen LogP contribution in [0.4, 0.5) is 0 Å². The largest absolute Gasteiger partial charge is 0.485 e. The van der Waals surface area contributed by atoms with Crippen molar-refractivity contribution < 1.29 is 4.74 Å². The summed E-state index contributed by atoms with van der Waals surface area (Å²) in [4.78, 5) is 0. The minimum atomic E-state index is 0.0457. The normalized spacial score (nSPS) is 21.2. The Bertz CT molecular complexity index is 648. The van der Waals surface area contributed by atoms with E-state index in [0.717, 1.165) is 17.7 Å². The van der Waals surface area contributed by atoms with Gasteiger partial charge in [0.1, 0.15) is 11.9 Å². The Hall–Kier alpha value is -1.80. The number of benzene rings is 2. The van der Waals surface area contributed by atoms with Crippen molar-refractivity contribution in [1.29, 1.82) is 0 Å². The summed E-state index contributed by atoms with van der Waals surface area (Å²) in [5, 5.41) is 0. The van der Waals surface area contributed by atoms with Crippen LogP contribution in [0.15, 0.2) is 36.4 Å². The summed E-state index contributed by atoms with van der Waals surface area (Å²) in [5.74, 6) is 0.930. The van der Waals surface area contributed by atoms with Crippen LogP contribution in [-0.2, 0) is 0 Å². The van der Waals surface area contributed by atoms with E-state index in [1.54, 1.807) is 0 Å². The summed E-state index contributed by atoms with van der Waals surface area (Å²) in [6, 6.07) is 12.8. The monoisotopic (exact) mass is 267 g/mol. The Labute approximate surface area is 120 Å². The van der Waals surface area contributed by atoms with Gasteiger partial charge < -0.3 is 10.5 Å². The van der Waals surface area contributed by atoms with Crippen LogP contribution in [0.2, 0.25) is 0 Å². The quantitative estimate of drug-likeness (QED) is 0.843. The van der Waals surface area contributed by atoms with E-state index in [1.807, 2.05) is 6.07 Å². The first kappa shape index (κ1) is 13.2. The van der Waals surface area contributed by atoms with E-state index in [9.17, 15) is 0 Å². The van der Waals surface area contributed by atoms with E-state index in [2.05, 4.69) is 51.1 Å². The lowest BCUT2D eigenvalue weighted by molar-refractivity contribution is 0.161. The van der Waals surface area contributed by atoms with Crippen LogP contribution in [0.1, 0.15) is 46.4 Å². The van der Waals surface area contributed by atoms with Crippen molar-refractivity contribution in [3.63, 3.8) is 0 Å². The zero-order valence-corrected chi connectivity index (χ0v) is 12.3. The van der Waals surface area contributed by atoms with Gasteiger partial charge in [0.15, 0.2) is 0 Å². The molecule has 0 saturated carbocycles. The molecule has 0 bridgehead atoms. The highest BCUT2D eigenvalue weighted by atomic mass is 16.5. The smallest absolute Gasteiger partial charge is 0.126 e. The molecule has 1 aliphatic heterocycles. The van der Waals surface area contributed by atoms with Gasteiger partial charge in [0.05, 0.1) is 0 Å². The van der Waals surface area contributed by atoms with Crippen LogP contribution in [0.5, 0.6) is 5.75 Å². The van der Waals surface area contributed by atoms with Crippen molar-refractivity contribution in [2.75, 3.05) is 0 Å². The van der Waals surface area contributed by atoms with E-state index < -0.39 is 0 Å². The molecular weight excluding hydrogens is 246 g/mol. The molecule has 0 saturated heterocycles. The number of nitrogens with two attached hydrogens (primary N) is 1. The lowest BCUT2D eigenvalue weighted by Crippen LogP contribution is -2.24. The molecule has 2 N–H and O–H groups in total. The fraction of sp³-hybridized carbons (Fsp3) is 0.333. The third kappa shape index (κ3) is 2.32. The standard InChI is InChI=1S/C18H21NO/c1-11-4-6-14(13(3)8-11)18-10-16(19)15-9-12(2)5-7-17(15)20-18/h4-9,16,18H,10,19H2,1-3H3/t16-,18?/m0/s1. The minimum Gasteiger partial charge on any atom is -0.485 e. The number of aryl methyl sites for hydroxylation is 3. The lowest BCUT2D eigenvalue weighted by Gasteiger charge is -2.31. The molecule has 2 atom stereocenters. The van der Waals surface area contributed by atoms with Crippen LogP contribution in [0, 0.1) is 20.8 Å². The molecule has 0 amide bonds. The summed E-state index contributed by atoms with van der Waals surface area (Å²) < 4.78 is 6.18. The second-order valence-electron chi connectivity index (χ2n) is 5.85. The SMILES string of the molecule is Cc1ccc(C2C[C@H](N)c3cc(C)ccc3O2)c(C)c1. The fourth-order valence-corrected chi connectivity index (χ4v) is 3.00. The van der Waals surface area contributed by atoms with E-state index in [4.69, 9.17) is 10.5 Å². The van der Waals surface area contributed by atoms with Gasteiger partial charge in [0.25, 0.3) is 0 Å². The number of hydrogen-bond acceptors (Lipinski definition) is 2. The van der Waals surface area contributed by atoms with Gasteiger partial charge in [0.2, 0.25) is 0 Å². The third-order valence-electron chi connectivity index (χ3n) is 4.07. The molecule has 0 spiro atoms. The van der Waals surface area contributed by atoms with Gasteiger partial charge in [-0.2, -0.15) is 0 Å². The topological polar surface area (TPSA) is 35.2 Å². The van der Waals surface area contributed by atoms with Crippen LogP contribution in [0.3, 0.4) is 0 Å². The average molecular weight is 267 g/mol. The van der Waals surface area contributed by atoms with Gasteiger partial charge in [0, 0.05) is 18.0 Å². The molecule has 1 unspecified atom stereocenters. The van der Waals surface area contributed by atoms with Crippen LogP contribution < -0.4 is 10.5 Å². The number of hydrogen-bond donors (Lipinski definition) is 1. The van der Waals surface area contributed by atoms with Gasteiger partial charge >= 0.3 is 0 Å². The number of fused-ring (bicyclic) bond motifs is 1. The van der Waals surface area contributed by atoms with E-state index >= 15 is 0 Å². The van der Waals surface area contributed by atoms with Crippen molar-refractivity contribution in [3.8, 4) is 5.75 Å². The van der Waals surface area contributed by atoms with Crippen molar-refractivity contribution in [2.24, 2.45) is 5.73 Å². The van der Waals surface area contributed by atoms with Crippen molar-refractivity contribution in [3.05, 3.63) is 64.2 Å². The maximum Gasteiger partial charge on any atom is 0.126 e. The van der Waals surface area contributed by atoms with E-state index in [1.165, 1.54) is 22.3 Å². The maximum absolute atomic E-state index is 6.34. The fourth-order valence-electron chi connectivity index (χ4n) is 3.00. The first-order valence-corrected chi connectivity index (χ1v) is 7.14. The van der Waals surface area contributed by atoms with Crippen molar-refractivity contribution >= 4 is 0 Å². The highest BCUT2D eigenvalue weighted by Gasteiger charge is 2.27. The van der Waals surface area contributed by atoms with Crippen LogP contribution in [-0.4, -0.2) is 0 Å². The van der Waals surface area contributed by atoms with Crippen LogP contribution >= 0.6 is 0 Å². The number of rotatable bonds is 1. The zero-order chi connectivity index (χ0) is 14.3. The summed E-state index contributed by atoms with van der Waals surface area (Å²) >= 11 is 0. The third-order valence-corrected chi connectivity index (χ3v) is 4.07. The Morgan fingerprint density at radius 3 is 2.40 bits per heavy atom. The molecular formula is C18H21NO. The molecule has 2 nitrogen and oxygen atoms in total. The van der Waals surface area contributed by atoms with E-state index in [0.29, 0.717) is 0 Å². The minimum absolute atomic E-state index is 0.0457. The molecule has 1 heterocycles. The number of ether oxygens (including phenoxy) is 1. The van der Waals surface area contributed by atoms with Gasteiger partial charge in [-0.15, -0.1) is 0 Å². The molecule has 0 aliphatic carbocycles. The van der Waals surface area contributed by atoms with E-state index in [-0.39, 0.29) is 12.1 Å². The van der Waals surface area contributed by atoms with Crippen molar-refractivity contribution in [1.82, 2.24) is 0 Å². The predicted molar refractivity (Wildman–Crippen MR) is 82.0 cm³/mol. The second kappa shape index (κ2) is 4.95. The molecule has 3 rings (SSSR count). The Morgan fingerprint density at radius 1 is 0.950 bits per heavy atom. The molecule has 0 aromatic heterocycles. The zero-order valence-electron chi connectivity index (χ0n) is 12.3. The van der Waals surface area contributed by atoms with Gasteiger partial charge in [-0.3, -0.25) is 0 Å². The van der Waals surface area contributed by atoms with Crippen LogP contribution in [0.25, 0.3) is 0 Å². The molecule has 0 fully saturated rings. The molecule has 1 aliphatic rings. The first-order valence-electron chi connectivity index (χ1n) is 7.14. The molecule has 2 heteroatoms. The summed E-state index contributed by atoms with van der Waals surface area (Å²) in [6.45, 7) is 6.34. The average Bonchev–Trinajstić information content (AvgIpc) is 2.39. The molecule has 0 radical (unpaired) electrons. The molecule has 2 aromatic carbocycles. The summed E-state index contributed by atoms with van der Waals surface area (Å²) in [7, 11) is 0. The van der Waals surface area contributed by atoms with Gasteiger partial charge in [-0.05, 0) is 38.0 Å². The molecule has 20 heavy (non-hydrogen) atoms. The Balaban J connectivity index is 1.97. The maximum atomic E-state index is 6.34. The summed E-state index contributed by atoms with van der Waals surface area (Å²) in [6.07, 6.45) is 0.890. The summed E-state index contributed by atoms with van der Waals surface area (Å²) in [5.41, 5.74) is 12.5. The van der Waals surface area contributed by atoms with Gasteiger partial charge in [-0.25, -0.2) is 0 Å². The lowest BCUT2D eigenvalue weighted by atomic mass is 9.90. The molecule has 104 valence electrons.